The Morgan fingerprint density at radius 1 is 0.951 bits per heavy atom. The Morgan fingerprint density at radius 3 is 2.24 bits per heavy atom. The molecule has 0 saturated heterocycles. The Bertz CT molecular complexity index is 1580. The number of rotatable bonds is 7. The predicted octanol–water partition coefficient (Wildman–Crippen LogP) is 6.74. The summed E-state index contributed by atoms with van der Waals surface area (Å²) < 4.78 is 76.8. The summed E-state index contributed by atoms with van der Waals surface area (Å²) in [7, 11) is -3.98. The smallest absolute Gasteiger partial charge is 0.482 e. The second-order valence-corrected chi connectivity index (χ2v) is 12.6. The maximum Gasteiger partial charge on any atom is 0.573 e. The van der Waals surface area contributed by atoms with Crippen molar-refractivity contribution in [2.75, 3.05) is 17.5 Å². The van der Waals surface area contributed by atoms with Crippen molar-refractivity contribution in [3.8, 4) is 22.6 Å². The van der Waals surface area contributed by atoms with E-state index >= 15 is 0 Å². The third-order valence-electron chi connectivity index (χ3n) is 7.88. The molecule has 3 aromatic carbocycles. The second kappa shape index (κ2) is 10.6. The van der Waals surface area contributed by atoms with Crippen LogP contribution in [0.15, 0.2) is 59.5 Å². The van der Waals surface area contributed by atoms with Crippen molar-refractivity contribution in [1.82, 2.24) is 0 Å². The number of halogens is 3. The van der Waals surface area contributed by atoms with E-state index in [4.69, 9.17) is 9.84 Å². The third-order valence-corrected chi connectivity index (χ3v) is 9.63. The highest BCUT2D eigenvalue weighted by atomic mass is 32.2. The minimum atomic E-state index is -4.78. The molecular weight excluding hydrogens is 559 g/mol. The van der Waals surface area contributed by atoms with Gasteiger partial charge in [-0.2, -0.15) is 0 Å². The zero-order valence-corrected chi connectivity index (χ0v) is 23.4. The zero-order chi connectivity index (χ0) is 29.6. The molecule has 1 fully saturated rings. The van der Waals surface area contributed by atoms with Crippen LogP contribution in [0.4, 0.5) is 18.9 Å². The SMILES string of the molecule is Cc1cc(S(=O)(=O)N2CC3(CCCCC3)c3cc(-c4ccc(OC(F)(F)F)cc4)cc(C)c32)ccc1OCC(=O)O. The van der Waals surface area contributed by atoms with Crippen LogP contribution in [0.5, 0.6) is 11.5 Å². The number of ether oxygens (including phenoxy) is 2. The highest BCUT2D eigenvalue weighted by Crippen LogP contribution is 2.53. The first-order valence-corrected chi connectivity index (χ1v) is 14.7. The van der Waals surface area contributed by atoms with Crippen molar-refractivity contribution in [2.24, 2.45) is 0 Å². The van der Waals surface area contributed by atoms with Gasteiger partial charge in [-0.1, -0.05) is 31.4 Å². The number of aliphatic carboxylic acids is 1. The molecule has 5 rings (SSSR count). The van der Waals surface area contributed by atoms with Crippen molar-refractivity contribution in [3.05, 3.63) is 71.3 Å². The van der Waals surface area contributed by atoms with Crippen molar-refractivity contribution in [3.63, 3.8) is 0 Å². The van der Waals surface area contributed by atoms with Gasteiger partial charge < -0.3 is 14.6 Å². The summed E-state index contributed by atoms with van der Waals surface area (Å²) in [5, 5.41) is 8.90. The van der Waals surface area contributed by atoms with Crippen LogP contribution in [0.3, 0.4) is 0 Å². The Morgan fingerprint density at radius 2 is 1.63 bits per heavy atom. The lowest BCUT2D eigenvalue weighted by atomic mass is 9.70. The van der Waals surface area contributed by atoms with Crippen LogP contribution in [0.1, 0.15) is 48.8 Å². The summed E-state index contributed by atoms with van der Waals surface area (Å²) >= 11 is 0. The molecule has 7 nitrogen and oxygen atoms in total. The topological polar surface area (TPSA) is 93.1 Å². The number of sulfonamides is 1. The number of carboxylic acids is 1. The normalized spacial score (nSPS) is 16.5. The van der Waals surface area contributed by atoms with E-state index in [1.807, 2.05) is 19.1 Å². The van der Waals surface area contributed by atoms with Gasteiger partial charge >= 0.3 is 12.3 Å². The molecule has 0 radical (unpaired) electrons. The van der Waals surface area contributed by atoms with Gasteiger partial charge in [0.1, 0.15) is 11.5 Å². The van der Waals surface area contributed by atoms with Gasteiger partial charge in [0.15, 0.2) is 6.61 Å². The summed E-state index contributed by atoms with van der Waals surface area (Å²) in [4.78, 5) is 11.0. The molecule has 1 saturated carbocycles. The zero-order valence-electron chi connectivity index (χ0n) is 22.6. The number of hydrogen-bond acceptors (Lipinski definition) is 5. The Labute approximate surface area is 236 Å². The number of alkyl halides is 3. The highest BCUT2D eigenvalue weighted by molar-refractivity contribution is 7.92. The quantitative estimate of drug-likeness (QED) is 0.328. The molecule has 1 N–H and O–H groups in total. The monoisotopic (exact) mass is 589 g/mol. The first-order chi connectivity index (χ1) is 19.3. The summed E-state index contributed by atoms with van der Waals surface area (Å²) in [5.41, 5.74) is 3.94. The van der Waals surface area contributed by atoms with E-state index in [2.05, 4.69) is 4.74 Å². The molecule has 0 atom stereocenters. The fourth-order valence-electron chi connectivity index (χ4n) is 6.04. The maximum atomic E-state index is 14.1. The van der Waals surface area contributed by atoms with Gasteiger partial charge in [-0.05, 0) is 97.0 Å². The second-order valence-electron chi connectivity index (χ2n) is 10.7. The summed E-state index contributed by atoms with van der Waals surface area (Å²) in [5.74, 6) is -1.15. The van der Waals surface area contributed by atoms with Crippen molar-refractivity contribution in [2.45, 2.75) is 62.6 Å². The average Bonchev–Trinajstić information content (AvgIpc) is 3.22. The summed E-state index contributed by atoms with van der Waals surface area (Å²) in [6.07, 6.45) is -0.120. The van der Waals surface area contributed by atoms with Crippen molar-refractivity contribution >= 4 is 21.7 Å². The number of anilines is 1. The van der Waals surface area contributed by atoms with Crippen molar-refractivity contribution in [1.29, 1.82) is 0 Å². The first-order valence-electron chi connectivity index (χ1n) is 13.3. The molecule has 0 aromatic heterocycles. The third kappa shape index (κ3) is 5.72. The van der Waals surface area contributed by atoms with Crippen LogP contribution in [-0.4, -0.2) is 39.0 Å². The van der Waals surface area contributed by atoms with Gasteiger partial charge in [0.25, 0.3) is 10.0 Å². The molecular formula is C30H30F3NO6S. The lowest BCUT2D eigenvalue weighted by Gasteiger charge is -2.34. The molecule has 41 heavy (non-hydrogen) atoms. The molecule has 1 spiro atoms. The van der Waals surface area contributed by atoms with Gasteiger partial charge in [-0.25, -0.2) is 13.2 Å². The van der Waals surface area contributed by atoms with E-state index in [1.165, 1.54) is 34.6 Å². The van der Waals surface area contributed by atoms with Crippen LogP contribution in [-0.2, 0) is 20.2 Å². The van der Waals surface area contributed by atoms with Gasteiger partial charge in [0, 0.05) is 12.0 Å². The predicted molar refractivity (Wildman–Crippen MR) is 147 cm³/mol. The Kier molecular flexibility index (Phi) is 7.44. The van der Waals surface area contributed by atoms with Gasteiger partial charge in [0.05, 0.1) is 10.6 Å². The number of hydrogen-bond donors (Lipinski definition) is 1. The minimum absolute atomic E-state index is 0.0835. The molecule has 11 heteroatoms. The number of carboxylic acid groups (broad SMARTS) is 1. The van der Waals surface area contributed by atoms with Crippen LogP contribution >= 0.6 is 0 Å². The van der Waals surface area contributed by atoms with E-state index in [1.54, 1.807) is 19.1 Å². The number of nitrogens with zero attached hydrogens (tertiary/aromatic N) is 1. The summed E-state index contributed by atoms with van der Waals surface area (Å²) in [6, 6.07) is 13.9. The fraction of sp³-hybridized carbons (Fsp3) is 0.367. The van der Waals surface area contributed by atoms with E-state index in [-0.39, 0.29) is 16.1 Å². The maximum absolute atomic E-state index is 14.1. The van der Waals surface area contributed by atoms with Gasteiger partial charge in [-0.3, -0.25) is 4.31 Å². The number of carbonyl (C=O) groups is 1. The molecule has 0 unspecified atom stereocenters. The number of aryl methyl sites for hydroxylation is 2. The molecule has 1 aliphatic heterocycles. The minimum Gasteiger partial charge on any atom is -0.482 e. The van der Waals surface area contributed by atoms with E-state index < -0.39 is 29.0 Å². The van der Waals surface area contributed by atoms with Crippen LogP contribution in [0, 0.1) is 13.8 Å². The molecule has 0 amide bonds. The number of fused-ring (bicyclic) bond motifs is 2. The van der Waals surface area contributed by atoms with E-state index in [0.29, 0.717) is 29.1 Å². The van der Waals surface area contributed by atoms with E-state index in [9.17, 15) is 26.4 Å². The first kappa shape index (κ1) is 28.8. The molecule has 1 heterocycles. The largest absolute Gasteiger partial charge is 0.573 e. The average molecular weight is 590 g/mol. The Hall–Kier alpha value is -3.73. The fourth-order valence-corrected chi connectivity index (χ4v) is 7.76. The molecule has 1 aliphatic carbocycles. The van der Waals surface area contributed by atoms with Crippen LogP contribution < -0.4 is 13.8 Å². The Balaban J connectivity index is 1.54. The molecule has 3 aromatic rings. The highest BCUT2D eigenvalue weighted by Gasteiger charge is 2.48. The van der Waals surface area contributed by atoms with E-state index in [0.717, 1.165) is 48.8 Å². The van der Waals surface area contributed by atoms with Crippen LogP contribution in [0.2, 0.25) is 0 Å². The van der Waals surface area contributed by atoms with Gasteiger partial charge in [-0.15, -0.1) is 13.2 Å². The molecule has 218 valence electrons. The molecule has 2 aliphatic rings. The van der Waals surface area contributed by atoms with Crippen molar-refractivity contribution < 1.29 is 41.0 Å². The molecule has 0 bridgehead atoms. The summed E-state index contributed by atoms with van der Waals surface area (Å²) in [6.45, 7) is 3.28. The number of benzene rings is 3. The van der Waals surface area contributed by atoms with Crippen LogP contribution in [0.25, 0.3) is 11.1 Å². The standard InChI is InChI=1S/C30H30F3NO6S/c1-19-15-24(10-11-26(19)39-17-27(35)36)41(37,38)34-18-29(12-4-3-5-13-29)25-16-22(14-20(2)28(25)34)21-6-8-23(9-7-21)40-30(31,32)33/h6-11,14-16H,3-5,12-13,17-18H2,1-2H3,(H,35,36). The lowest BCUT2D eigenvalue weighted by molar-refractivity contribution is -0.274. The lowest BCUT2D eigenvalue weighted by Crippen LogP contribution is -2.38. The van der Waals surface area contributed by atoms with Gasteiger partial charge in [0.2, 0.25) is 0 Å².